The minimum atomic E-state index is 0.111. The van der Waals surface area contributed by atoms with Gasteiger partial charge in [-0.15, -0.1) is 10.2 Å². The van der Waals surface area contributed by atoms with Crippen molar-refractivity contribution >= 4 is 17.5 Å². The van der Waals surface area contributed by atoms with Gasteiger partial charge in [0.15, 0.2) is 10.9 Å². The predicted octanol–water partition coefficient (Wildman–Crippen LogP) is 4.75. The molecule has 1 aromatic carbocycles. The summed E-state index contributed by atoms with van der Waals surface area (Å²) in [7, 11) is 1.70. The number of thioether (sulfide) groups is 1. The molecule has 6 nitrogen and oxygen atoms in total. The number of aryl methyl sites for hydroxylation is 1. The van der Waals surface area contributed by atoms with Crippen LogP contribution in [0.3, 0.4) is 0 Å². The minimum Gasteiger partial charge on any atom is -0.383 e. The number of nitrogens with zero attached hydrogens (tertiary/aromatic N) is 4. The highest BCUT2D eigenvalue weighted by atomic mass is 32.2. The van der Waals surface area contributed by atoms with Crippen LogP contribution >= 0.6 is 11.8 Å². The molecule has 30 heavy (non-hydrogen) atoms. The lowest BCUT2D eigenvalue weighted by Crippen LogP contribution is -2.14. The van der Waals surface area contributed by atoms with Crippen LogP contribution in [-0.2, 0) is 4.74 Å². The number of ketones is 1. The summed E-state index contributed by atoms with van der Waals surface area (Å²) in [5.74, 6) is 1.92. The van der Waals surface area contributed by atoms with Crippen molar-refractivity contribution < 1.29 is 9.53 Å². The van der Waals surface area contributed by atoms with Crippen LogP contribution in [0.2, 0.25) is 0 Å². The van der Waals surface area contributed by atoms with Crippen LogP contribution in [0, 0.1) is 13.8 Å². The van der Waals surface area contributed by atoms with Crippen molar-refractivity contribution in [2.24, 2.45) is 0 Å². The molecule has 1 saturated carbocycles. The average molecular weight is 425 g/mol. The Morgan fingerprint density at radius 3 is 2.63 bits per heavy atom. The van der Waals surface area contributed by atoms with Crippen LogP contribution in [0.5, 0.6) is 0 Å². The molecule has 1 fully saturated rings. The number of carbonyl (C=O) groups excluding carboxylic acids is 1. The van der Waals surface area contributed by atoms with E-state index in [0.717, 1.165) is 46.5 Å². The third-order valence-corrected chi connectivity index (χ3v) is 6.51. The van der Waals surface area contributed by atoms with Gasteiger partial charge in [-0.1, -0.05) is 30.0 Å². The van der Waals surface area contributed by atoms with Gasteiger partial charge < -0.3 is 9.30 Å². The van der Waals surface area contributed by atoms with Crippen LogP contribution in [0.1, 0.15) is 59.3 Å². The highest BCUT2D eigenvalue weighted by molar-refractivity contribution is 7.99. The molecule has 2 aromatic heterocycles. The molecule has 0 saturated heterocycles. The third-order valence-electron chi connectivity index (χ3n) is 5.58. The molecule has 7 heteroatoms. The van der Waals surface area contributed by atoms with E-state index in [9.17, 15) is 4.79 Å². The Balaban J connectivity index is 1.55. The van der Waals surface area contributed by atoms with Crippen molar-refractivity contribution in [1.29, 1.82) is 0 Å². The number of hydrogen-bond donors (Lipinski definition) is 0. The molecule has 0 amide bonds. The Morgan fingerprint density at radius 1 is 1.23 bits per heavy atom. The Hall–Kier alpha value is -2.38. The Labute approximate surface area is 181 Å². The summed E-state index contributed by atoms with van der Waals surface area (Å²) in [5, 5.41) is 9.64. The van der Waals surface area contributed by atoms with Gasteiger partial charge in [0.2, 0.25) is 0 Å². The lowest BCUT2D eigenvalue weighted by Gasteiger charge is -2.17. The molecule has 158 valence electrons. The molecule has 1 aliphatic carbocycles. The lowest BCUT2D eigenvalue weighted by atomic mass is 10.2. The van der Waals surface area contributed by atoms with Gasteiger partial charge >= 0.3 is 0 Å². The van der Waals surface area contributed by atoms with E-state index in [4.69, 9.17) is 4.74 Å². The van der Waals surface area contributed by atoms with Gasteiger partial charge in [0.05, 0.1) is 18.4 Å². The Bertz CT molecular complexity index is 1040. The maximum absolute atomic E-state index is 13.1. The molecule has 4 rings (SSSR count). The molecular weight excluding hydrogens is 396 g/mol. The SMILES string of the molecule is COC[C@@H](C)n1c(C)cc(C(=O)CSc2nnc(C3CC3)n2-c2ccccc2)c1C. The van der Waals surface area contributed by atoms with E-state index in [2.05, 4.69) is 38.4 Å². The number of methoxy groups -OCH3 is 1. The van der Waals surface area contributed by atoms with E-state index < -0.39 is 0 Å². The molecular formula is C23H28N4O2S. The highest BCUT2D eigenvalue weighted by Crippen LogP contribution is 2.41. The largest absolute Gasteiger partial charge is 0.383 e. The van der Waals surface area contributed by atoms with E-state index in [1.54, 1.807) is 7.11 Å². The van der Waals surface area contributed by atoms with E-state index in [0.29, 0.717) is 18.3 Å². The number of rotatable bonds is 9. The summed E-state index contributed by atoms with van der Waals surface area (Å²) in [4.78, 5) is 13.1. The zero-order valence-electron chi connectivity index (χ0n) is 18.0. The summed E-state index contributed by atoms with van der Waals surface area (Å²) < 4.78 is 9.59. The first-order valence-electron chi connectivity index (χ1n) is 10.3. The van der Waals surface area contributed by atoms with E-state index >= 15 is 0 Å². The van der Waals surface area contributed by atoms with Crippen molar-refractivity contribution in [2.75, 3.05) is 19.5 Å². The Morgan fingerprint density at radius 2 is 1.97 bits per heavy atom. The smallest absolute Gasteiger partial charge is 0.196 e. The normalized spacial score (nSPS) is 14.8. The van der Waals surface area contributed by atoms with Gasteiger partial charge in [-0.3, -0.25) is 9.36 Å². The van der Waals surface area contributed by atoms with Gasteiger partial charge in [0.25, 0.3) is 0 Å². The van der Waals surface area contributed by atoms with Crippen molar-refractivity contribution in [1.82, 2.24) is 19.3 Å². The topological polar surface area (TPSA) is 61.9 Å². The molecule has 0 spiro atoms. The van der Waals surface area contributed by atoms with Gasteiger partial charge in [-0.05, 0) is 51.8 Å². The van der Waals surface area contributed by atoms with E-state index in [1.165, 1.54) is 11.8 Å². The Kier molecular flexibility index (Phi) is 6.11. The van der Waals surface area contributed by atoms with Crippen LogP contribution in [0.4, 0.5) is 0 Å². The minimum absolute atomic E-state index is 0.111. The van der Waals surface area contributed by atoms with Crippen molar-refractivity contribution in [3.05, 3.63) is 59.2 Å². The van der Waals surface area contributed by atoms with Gasteiger partial charge in [-0.25, -0.2) is 0 Å². The highest BCUT2D eigenvalue weighted by Gasteiger charge is 2.31. The second-order valence-electron chi connectivity index (χ2n) is 7.96. The quantitative estimate of drug-likeness (QED) is 0.367. The monoisotopic (exact) mass is 424 g/mol. The number of ether oxygens (including phenoxy) is 1. The molecule has 1 atom stereocenters. The number of Topliss-reactive ketones (excluding diaryl/α,β-unsaturated/α-hetero) is 1. The number of carbonyl (C=O) groups is 1. The molecule has 0 aliphatic heterocycles. The molecule has 0 N–H and O–H groups in total. The first-order valence-corrected chi connectivity index (χ1v) is 11.3. The number of hydrogen-bond acceptors (Lipinski definition) is 5. The van der Waals surface area contributed by atoms with Crippen molar-refractivity contribution in [2.45, 2.75) is 50.7 Å². The summed E-state index contributed by atoms with van der Waals surface area (Å²) in [5.41, 5.74) is 3.89. The van der Waals surface area contributed by atoms with Crippen molar-refractivity contribution in [3.8, 4) is 5.69 Å². The molecule has 3 aromatic rings. The van der Waals surface area contributed by atoms with Crippen LogP contribution in [0.25, 0.3) is 5.69 Å². The fourth-order valence-corrected chi connectivity index (χ4v) is 4.90. The number of benzene rings is 1. The van der Waals surface area contributed by atoms with Gasteiger partial charge in [0, 0.05) is 35.7 Å². The standard InChI is InChI=1S/C23H28N4O2S/c1-15-12-20(17(3)26(15)16(2)13-29-4)21(28)14-30-23-25-24-22(18-10-11-18)27(23)19-8-6-5-7-9-19/h5-9,12,16,18H,10-11,13-14H2,1-4H3/t16-/m1/s1. The molecule has 0 bridgehead atoms. The summed E-state index contributed by atoms with van der Waals surface area (Å²) in [6.07, 6.45) is 2.31. The van der Waals surface area contributed by atoms with Crippen molar-refractivity contribution in [3.63, 3.8) is 0 Å². The second-order valence-corrected chi connectivity index (χ2v) is 8.90. The molecule has 1 aliphatic rings. The maximum Gasteiger partial charge on any atom is 0.196 e. The second kappa shape index (κ2) is 8.78. The zero-order valence-corrected chi connectivity index (χ0v) is 18.8. The predicted molar refractivity (Wildman–Crippen MR) is 119 cm³/mol. The van der Waals surface area contributed by atoms with Crippen LogP contribution in [-0.4, -0.2) is 44.6 Å². The van der Waals surface area contributed by atoms with E-state index in [-0.39, 0.29) is 11.8 Å². The summed E-state index contributed by atoms with van der Waals surface area (Å²) in [6, 6.07) is 12.3. The number of para-hydroxylation sites is 1. The van der Waals surface area contributed by atoms with E-state index in [1.807, 2.05) is 38.1 Å². The third kappa shape index (κ3) is 4.09. The zero-order chi connectivity index (χ0) is 21.3. The van der Waals surface area contributed by atoms with Gasteiger partial charge in [-0.2, -0.15) is 0 Å². The maximum atomic E-state index is 13.1. The summed E-state index contributed by atoms with van der Waals surface area (Å²) >= 11 is 1.46. The molecule has 2 heterocycles. The fraction of sp³-hybridized carbons (Fsp3) is 0.435. The average Bonchev–Trinajstić information content (AvgIpc) is 3.42. The number of aromatic nitrogens is 4. The van der Waals surface area contributed by atoms with Gasteiger partial charge in [0.1, 0.15) is 5.82 Å². The molecule has 0 unspecified atom stereocenters. The van der Waals surface area contributed by atoms with Crippen LogP contribution < -0.4 is 0 Å². The molecule has 0 radical (unpaired) electrons. The fourth-order valence-electron chi connectivity index (χ4n) is 4.06. The van der Waals surface area contributed by atoms with Crippen LogP contribution in [0.15, 0.2) is 41.6 Å². The lowest BCUT2D eigenvalue weighted by molar-refractivity contribution is 0.102. The first-order chi connectivity index (χ1) is 14.5. The summed E-state index contributed by atoms with van der Waals surface area (Å²) in [6.45, 7) is 6.77. The first kappa shape index (κ1) is 20.9.